The molecule has 0 aliphatic heterocycles. The largest absolute Gasteiger partial charge is 0.324 e. The number of fused-ring (bicyclic) bond motifs is 1. The molecule has 140 valence electrons. The lowest BCUT2D eigenvalue weighted by Crippen LogP contribution is -2.27. The van der Waals surface area contributed by atoms with E-state index in [2.05, 4.69) is 10.3 Å². The van der Waals surface area contributed by atoms with E-state index in [4.69, 9.17) is 11.6 Å². The summed E-state index contributed by atoms with van der Waals surface area (Å²) < 4.78 is 3.06. The molecular weight excluding hydrogens is 376 g/mol. The SMILES string of the molecule is Cc1ccc(Cl)cc1NC(=O)Cn1c2ncccc2c(=O)n1-c1ccccc1. The Hall–Kier alpha value is -3.38. The highest BCUT2D eigenvalue weighted by molar-refractivity contribution is 6.31. The molecule has 7 heteroatoms. The number of rotatable bonds is 4. The second-order valence-corrected chi connectivity index (χ2v) is 6.83. The first-order chi connectivity index (χ1) is 13.5. The van der Waals surface area contributed by atoms with Crippen molar-refractivity contribution >= 4 is 34.2 Å². The number of pyridine rings is 1. The van der Waals surface area contributed by atoms with Crippen LogP contribution in [0.2, 0.25) is 5.02 Å². The zero-order valence-corrected chi connectivity index (χ0v) is 15.8. The standard InChI is InChI=1S/C21H17ClN4O2/c1-14-9-10-15(22)12-18(14)24-19(27)13-25-20-17(8-5-11-23-20)21(28)26(25)16-6-3-2-4-7-16/h2-12H,13H2,1H3,(H,24,27). The summed E-state index contributed by atoms with van der Waals surface area (Å²) >= 11 is 6.04. The predicted molar refractivity (Wildman–Crippen MR) is 110 cm³/mol. The molecule has 0 saturated heterocycles. The van der Waals surface area contributed by atoms with E-state index in [0.29, 0.717) is 27.4 Å². The maximum Gasteiger partial charge on any atom is 0.280 e. The third kappa shape index (κ3) is 3.30. The van der Waals surface area contributed by atoms with E-state index in [-0.39, 0.29) is 18.0 Å². The number of halogens is 1. The average Bonchev–Trinajstić information content (AvgIpc) is 2.97. The highest BCUT2D eigenvalue weighted by Gasteiger charge is 2.18. The number of carbonyl (C=O) groups is 1. The second-order valence-electron chi connectivity index (χ2n) is 6.39. The Bertz CT molecular complexity index is 1230. The van der Waals surface area contributed by atoms with Crippen LogP contribution in [0, 0.1) is 6.92 Å². The molecule has 0 radical (unpaired) electrons. The van der Waals surface area contributed by atoms with Gasteiger partial charge in [-0.15, -0.1) is 0 Å². The average molecular weight is 393 g/mol. The Morgan fingerprint density at radius 1 is 1.11 bits per heavy atom. The summed E-state index contributed by atoms with van der Waals surface area (Å²) in [5, 5.41) is 3.86. The number of para-hydroxylation sites is 1. The van der Waals surface area contributed by atoms with Crippen LogP contribution in [-0.2, 0) is 11.3 Å². The van der Waals surface area contributed by atoms with E-state index >= 15 is 0 Å². The Morgan fingerprint density at radius 3 is 2.68 bits per heavy atom. The molecule has 0 fully saturated rings. The van der Waals surface area contributed by atoms with Crippen LogP contribution >= 0.6 is 11.6 Å². The normalized spacial score (nSPS) is 10.9. The van der Waals surface area contributed by atoms with Gasteiger partial charge in [0.05, 0.1) is 11.1 Å². The molecule has 2 heterocycles. The first-order valence-electron chi connectivity index (χ1n) is 8.72. The van der Waals surface area contributed by atoms with Crippen molar-refractivity contribution in [1.29, 1.82) is 0 Å². The van der Waals surface area contributed by atoms with Crippen molar-refractivity contribution in [3.8, 4) is 5.69 Å². The zero-order chi connectivity index (χ0) is 19.7. The molecule has 4 rings (SSSR count). The van der Waals surface area contributed by atoms with Gasteiger partial charge in [0.25, 0.3) is 5.56 Å². The van der Waals surface area contributed by atoms with Crippen LogP contribution in [0.25, 0.3) is 16.7 Å². The Balaban J connectivity index is 1.77. The molecular formula is C21H17ClN4O2. The van der Waals surface area contributed by atoms with E-state index in [0.717, 1.165) is 5.56 Å². The maximum atomic E-state index is 12.9. The number of benzene rings is 2. The van der Waals surface area contributed by atoms with Crippen LogP contribution in [0.5, 0.6) is 0 Å². The minimum Gasteiger partial charge on any atom is -0.324 e. The van der Waals surface area contributed by atoms with Crippen molar-refractivity contribution in [3.05, 3.63) is 87.8 Å². The van der Waals surface area contributed by atoms with Gasteiger partial charge in [0.15, 0.2) is 5.65 Å². The molecule has 2 aromatic carbocycles. The monoisotopic (exact) mass is 392 g/mol. The highest BCUT2D eigenvalue weighted by Crippen LogP contribution is 2.20. The van der Waals surface area contributed by atoms with Gasteiger partial charge in [-0.3, -0.25) is 14.3 Å². The summed E-state index contributed by atoms with van der Waals surface area (Å²) in [6.07, 6.45) is 1.60. The number of carbonyl (C=O) groups excluding carboxylic acids is 1. The highest BCUT2D eigenvalue weighted by atomic mass is 35.5. The van der Waals surface area contributed by atoms with Crippen LogP contribution < -0.4 is 10.9 Å². The zero-order valence-electron chi connectivity index (χ0n) is 15.1. The number of nitrogens with one attached hydrogen (secondary N) is 1. The molecule has 0 spiro atoms. The fraction of sp³-hybridized carbons (Fsp3) is 0.0952. The van der Waals surface area contributed by atoms with Crippen LogP contribution in [0.4, 0.5) is 5.69 Å². The predicted octanol–water partition coefficient (Wildman–Crippen LogP) is 3.79. The van der Waals surface area contributed by atoms with Gasteiger partial charge >= 0.3 is 0 Å². The Kier molecular flexibility index (Phi) is 4.71. The van der Waals surface area contributed by atoms with E-state index in [1.54, 1.807) is 35.1 Å². The van der Waals surface area contributed by atoms with Gasteiger partial charge in [-0.25, -0.2) is 9.67 Å². The van der Waals surface area contributed by atoms with Gasteiger partial charge in [0.1, 0.15) is 6.54 Å². The number of hydrogen-bond acceptors (Lipinski definition) is 3. The van der Waals surface area contributed by atoms with E-state index in [1.165, 1.54) is 4.68 Å². The van der Waals surface area contributed by atoms with Crippen molar-refractivity contribution < 1.29 is 4.79 Å². The summed E-state index contributed by atoms with van der Waals surface area (Å²) in [5.74, 6) is -0.280. The lowest BCUT2D eigenvalue weighted by Gasteiger charge is -2.13. The number of aryl methyl sites for hydroxylation is 1. The van der Waals surface area contributed by atoms with E-state index in [1.807, 2.05) is 43.3 Å². The van der Waals surface area contributed by atoms with Gasteiger partial charge in [0, 0.05) is 16.9 Å². The molecule has 6 nitrogen and oxygen atoms in total. The molecule has 0 aliphatic carbocycles. The van der Waals surface area contributed by atoms with Crippen molar-refractivity contribution in [2.75, 3.05) is 5.32 Å². The van der Waals surface area contributed by atoms with Crippen LogP contribution in [-0.4, -0.2) is 20.3 Å². The Labute approximate surface area is 166 Å². The van der Waals surface area contributed by atoms with E-state index in [9.17, 15) is 9.59 Å². The second kappa shape index (κ2) is 7.32. The summed E-state index contributed by atoms with van der Waals surface area (Å²) in [6.45, 7) is 1.81. The molecule has 0 aliphatic rings. The number of anilines is 1. The molecule has 0 bridgehead atoms. The number of aromatic nitrogens is 3. The summed E-state index contributed by atoms with van der Waals surface area (Å²) in [6, 6.07) is 17.9. The maximum absolute atomic E-state index is 12.9. The van der Waals surface area contributed by atoms with Crippen LogP contribution in [0.15, 0.2) is 71.7 Å². The van der Waals surface area contributed by atoms with Gasteiger partial charge in [-0.05, 0) is 48.9 Å². The molecule has 28 heavy (non-hydrogen) atoms. The summed E-state index contributed by atoms with van der Waals surface area (Å²) in [5.41, 5.74) is 2.43. The van der Waals surface area contributed by atoms with Crippen LogP contribution in [0.1, 0.15) is 5.56 Å². The Morgan fingerprint density at radius 2 is 1.89 bits per heavy atom. The van der Waals surface area contributed by atoms with Crippen molar-refractivity contribution in [2.24, 2.45) is 0 Å². The van der Waals surface area contributed by atoms with Crippen LogP contribution in [0.3, 0.4) is 0 Å². The fourth-order valence-corrected chi connectivity index (χ4v) is 3.29. The molecule has 0 atom stereocenters. The third-order valence-corrected chi connectivity index (χ3v) is 4.70. The quantitative estimate of drug-likeness (QED) is 0.574. The minimum absolute atomic E-state index is 0.0728. The first-order valence-corrected chi connectivity index (χ1v) is 9.10. The fourth-order valence-electron chi connectivity index (χ4n) is 3.11. The molecule has 1 amide bonds. The van der Waals surface area contributed by atoms with E-state index < -0.39 is 0 Å². The van der Waals surface area contributed by atoms with Crippen molar-refractivity contribution in [2.45, 2.75) is 13.5 Å². The van der Waals surface area contributed by atoms with Crippen molar-refractivity contribution in [1.82, 2.24) is 14.3 Å². The lowest BCUT2D eigenvalue weighted by molar-refractivity contribution is -0.116. The summed E-state index contributed by atoms with van der Waals surface area (Å²) in [7, 11) is 0. The number of amides is 1. The van der Waals surface area contributed by atoms with Crippen molar-refractivity contribution in [3.63, 3.8) is 0 Å². The smallest absolute Gasteiger partial charge is 0.280 e. The minimum atomic E-state index is -0.280. The molecule has 4 aromatic rings. The van der Waals surface area contributed by atoms with Gasteiger partial charge < -0.3 is 5.32 Å². The number of nitrogens with zero attached hydrogens (tertiary/aromatic N) is 3. The topological polar surface area (TPSA) is 68.9 Å². The lowest BCUT2D eigenvalue weighted by atomic mass is 10.2. The third-order valence-electron chi connectivity index (χ3n) is 4.46. The molecule has 2 aromatic heterocycles. The number of hydrogen-bond donors (Lipinski definition) is 1. The van der Waals surface area contributed by atoms with Gasteiger partial charge in [0.2, 0.25) is 5.91 Å². The van der Waals surface area contributed by atoms with Gasteiger partial charge in [-0.2, -0.15) is 0 Å². The molecule has 0 unspecified atom stereocenters. The summed E-state index contributed by atoms with van der Waals surface area (Å²) in [4.78, 5) is 30.0. The first kappa shape index (κ1) is 18.0. The molecule has 1 N–H and O–H groups in total. The van der Waals surface area contributed by atoms with Gasteiger partial charge in [-0.1, -0.05) is 35.9 Å². The molecule has 0 saturated carbocycles.